The molecule has 0 spiro atoms. The summed E-state index contributed by atoms with van der Waals surface area (Å²) < 4.78 is 0. The van der Waals surface area contributed by atoms with Gasteiger partial charge in [-0.05, 0) is 44.0 Å². The lowest BCUT2D eigenvalue weighted by Gasteiger charge is -2.12. The SMILES string of the molecule is CC(CCCO)NC(=O)CSc1ccc(Cl)cc1. The van der Waals surface area contributed by atoms with Crippen LogP contribution >= 0.6 is 23.4 Å². The van der Waals surface area contributed by atoms with Crippen LogP contribution < -0.4 is 5.32 Å². The van der Waals surface area contributed by atoms with E-state index in [1.165, 1.54) is 11.8 Å². The first kappa shape index (κ1) is 15.3. The van der Waals surface area contributed by atoms with E-state index in [9.17, 15) is 4.79 Å². The molecule has 1 rings (SSSR count). The third kappa shape index (κ3) is 6.28. The fourth-order valence-corrected chi connectivity index (χ4v) is 2.30. The molecule has 0 saturated carbocycles. The van der Waals surface area contributed by atoms with E-state index in [2.05, 4.69) is 5.32 Å². The van der Waals surface area contributed by atoms with Crippen molar-refractivity contribution in [3.05, 3.63) is 29.3 Å². The van der Waals surface area contributed by atoms with Crippen molar-refractivity contribution in [3.8, 4) is 0 Å². The lowest BCUT2D eigenvalue weighted by molar-refractivity contribution is -0.119. The Morgan fingerprint density at radius 1 is 1.44 bits per heavy atom. The topological polar surface area (TPSA) is 49.3 Å². The standard InChI is InChI=1S/C13H18ClNO2S/c1-10(3-2-8-16)15-13(17)9-18-12-6-4-11(14)5-7-12/h4-7,10,16H,2-3,8-9H2,1H3,(H,15,17). The average molecular weight is 288 g/mol. The van der Waals surface area contributed by atoms with Crippen LogP contribution in [0.4, 0.5) is 0 Å². The van der Waals surface area contributed by atoms with Gasteiger partial charge in [-0.3, -0.25) is 4.79 Å². The van der Waals surface area contributed by atoms with Gasteiger partial charge in [-0.25, -0.2) is 0 Å². The molecule has 0 radical (unpaired) electrons. The molecular formula is C13H18ClNO2S. The molecule has 0 fully saturated rings. The Bertz CT molecular complexity index is 370. The minimum atomic E-state index is 0.0142. The van der Waals surface area contributed by atoms with Crippen LogP contribution in [0.1, 0.15) is 19.8 Å². The third-order valence-electron chi connectivity index (χ3n) is 2.39. The molecule has 3 nitrogen and oxygen atoms in total. The van der Waals surface area contributed by atoms with Gasteiger partial charge in [0, 0.05) is 22.6 Å². The molecule has 0 bridgehead atoms. The number of amides is 1. The molecule has 0 saturated heterocycles. The van der Waals surface area contributed by atoms with Crippen molar-refractivity contribution < 1.29 is 9.90 Å². The van der Waals surface area contributed by atoms with E-state index in [4.69, 9.17) is 16.7 Å². The average Bonchev–Trinajstić information content (AvgIpc) is 2.35. The zero-order chi connectivity index (χ0) is 13.4. The molecule has 100 valence electrons. The predicted molar refractivity (Wildman–Crippen MR) is 76.1 cm³/mol. The number of thioether (sulfide) groups is 1. The van der Waals surface area contributed by atoms with Crippen LogP contribution in [0.5, 0.6) is 0 Å². The van der Waals surface area contributed by atoms with Gasteiger partial charge >= 0.3 is 0 Å². The highest BCUT2D eigenvalue weighted by Crippen LogP contribution is 2.19. The first-order chi connectivity index (χ1) is 8.61. The molecule has 18 heavy (non-hydrogen) atoms. The summed E-state index contributed by atoms with van der Waals surface area (Å²) in [5.41, 5.74) is 0. The third-order valence-corrected chi connectivity index (χ3v) is 3.65. The zero-order valence-corrected chi connectivity index (χ0v) is 11.9. The quantitative estimate of drug-likeness (QED) is 0.758. The first-order valence-corrected chi connectivity index (χ1v) is 7.26. The summed E-state index contributed by atoms with van der Waals surface area (Å²) in [6.45, 7) is 2.11. The molecule has 1 unspecified atom stereocenters. The molecular weight excluding hydrogens is 270 g/mol. The molecule has 1 amide bonds. The summed E-state index contributed by atoms with van der Waals surface area (Å²) >= 11 is 7.27. The number of aliphatic hydroxyl groups excluding tert-OH is 1. The summed E-state index contributed by atoms with van der Waals surface area (Å²) in [6, 6.07) is 7.53. The summed E-state index contributed by atoms with van der Waals surface area (Å²) in [6.07, 6.45) is 1.51. The van der Waals surface area contributed by atoms with Crippen molar-refractivity contribution in [1.29, 1.82) is 0 Å². The molecule has 1 aromatic rings. The largest absolute Gasteiger partial charge is 0.396 e. The van der Waals surface area contributed by atoms with Gasteiger partial charge in [-0.15, -0.1) is 11.8 Å². The summed E-state index contributed by atoms with van der Waals surface area (Å²) in [7, 11) is 0. The van der Waals surface area contributed by atoms with Gasteiger partial charge in [0.2, 0.25) is 5.91 Å². The Morgan fingerprint density at radius 3 is 2.72 bits per heavy atom. The molecule has 5 heteroatoms. The van der Waals surface area contributed by atoms with Crippen molar-refractivity contribution in [2.24, 2.45) is 0 Å². The first-order valence-electron chi connectivity index (χ1n) is 5.90. The van der Waals surface area contributed by atoms with Crippen LogP contribution in [-0.2, 0) is 4.79 Å². The fraction of sp³-hybridized carbons (Fsp3) is 0.462. The Morgan fingerprint density at radius 2 is 2.11 bits per heavy atom. The highest BCUT2D eigenvalue weighted by molar-refractivity contribution is 8.00. The van der Waals surface area contributed by atoms with Crippen LogP contribution in [0.15, 0.2) is 29.2 Å². The molecule has 0 aliphatic rings. The highest BCUT2D eigenvalue weighted by Gasteiger charge is 2.07. The van der Waals surface area contributed by atoms with Crippen molar-refractivity contribution in [2.75, 3.05) is 12.4 Å². The normalized spacial score (nSPS) is 12.2. The minimum Gasteiger partial charge on any atom is -0.396 e. The number of nitrogens with one attached hydrogen (secondary N) is 1. The molecule has 1 aromatic carbocycles. The van der Waals surface area contributed by atoms with E-state index in [1.54, 1.807) is 0 Å². The van der Waals surface area contributed by atoms with Crippen molar-refractivity contribution in [3.63, 3.8) is 0 Å². The lowest BCUT2D eigenvalue weighted by Crippen LogP contribution is -2.33. The predicted octanol–water partition coefficient (Wildman–Crippen LogP) is 2.71. The van der Waals surface area contributed by atoms with Gasteiger partial charge in [0.05, 0.1) is 5.75 Å². The summed E-state index contributed by atoms with van der Waals surface area (Å²) in [4.78, 5) is 12.7. The zero-order valence-electron chi connectivity index (χ0n) is 10.4. The second-order valence-electron chi connectivity index (χ2n) is 4.08. The molecule has 1 atom stereocenters. The molecule has 2 N–H and O–H groups in total. The second kappa shape index (κ2) is 8.40. The Balaban J connectivity index is 2.26. The second-order valence-corrected chi connectivity index (χ2v) is 5.56. The number of carbonyl (C=O) groups is 1. The molecule has 0 aliphatic carbocycles. The number of rotatable bonds is 7. The Labute approximate surface area is 117 Å². The van der Waals surface area contributed by atoms with Gasteiger partial charge in [0.1, 0.15) is 0 Å². The molecule has 0 aliphatic heterocycles. The van der Waals surface area contributed by atoms with Crippen LogP contribution in [0.2, 0.25) is 5.02 Å². The van der Waals surface area contributed by atoms with E-state index < -0.39 is 0 Å². The fourth-order valence-electron chi connectivity index (χ4n) is 1.47. The molecule has 0 aromatic heterocycles. The van der Waals surface area contributed by atoms with E-state index in [-0.39, 0.29) is 18.6 Å². The maximum atomic E-state index is 11.6. The van der Waals surface area contributed by atoms with Gasteiger partial charge < -0.3 is 10.4 Å². The molecule has 0 heterocycles. The number of benzene rings is 1. The van der Waals surface area contributed by atoms with Crippen molar-refractivity contribution in [1.82, 2.24) is 5.32 Å². The summed E-state index contributed by atoms with van der Waals surface area (Å²) in [5, 5.41) is 12.3. The van der Waals surface area contributed by atoms with E-state index in [1.807, 2.05) is 31.2 Å². The van der Waals surface area contributed by atoms with E-state index >= 15 is 0 Å². The highest BCUT2D eigenvalue weighted by atomic mass is 35.5. The smallest absolute Gasteiger partial charge is 0.230 e. The summed E-state index contributed by atoms with van der Waals surface area (Å²) in [5.74, 6) is 0.408. The van der Waals surface area contributed by atoms with Crippen molar-refractivity contribution in [2.45, 2.75) is 30.7 Å². The number of halogens is 1. The van der Waals surface area contributed by atoms with Crippen LogP contribution in [0.3, 0.4) is 0 Å². The maximum absolute atomic E-state index is 11.6. The van der Waals surface area contributed by atoms with Crippen LogP contribution in [0, 0.1) is 0 Å². The van der Waals surface area contributed by atoms with Crippen LogP contribution in [0.25, 0.3) is 0 Å². The minimum absolute atomic E-state index is 0.0142. The number of hydrogen-bond donors (Lipinski definition) is 2. The van der Waals surface area contributed by atoms with Crippen LogP contribution in [-0.4, -0.2) is 29.4 Å². The van der Waals surface area contributed by atoms with Gasteiger partial charge in [-0.2, -0.15) is 0 Å². The lowest BCUT2D eigenvalue weighted by atomic mass is 10.2. The van der Waals surface area contributed by atoms with E-state index in [0.29, 0.717) is 17.2 Å². The van der Waals surface area contributed by atoms with Crippen molar-refractivity contribution >= 4 is 29.3 Å². The Hall–Kier alpha value is -0.710. The maximum Gasteiger partial charge on any atom is 0.230 e. The monoisotopic (exact) mass is 287 g/mol. The van der Waals surface area contributed by atoms with Gasteiger partial charge in [0.15, 0.2) is 0 Å². The Kier molecular flexibility index (Phi) is 7.16. The number of carbonyl (C=O) groups excluding carboxylic acids is 1. The van der Waals surface area contributed by atoms with Gasteiger partial charge in [0.25, 0.3) is 0 Å². The number of aliphatic hydroxyl groups is 1. The van der Waals surface area contributed by atoms with Gasteiger partial charge in [-0.1, -0.05) is 11.6 Å². The number of hydrogen-bond acceptors (Lipinski definition) is 3. The van der Waals surface area contributed by atoms with E-state index in [0.717, 1.165) is 11.3 Å².